The molecule has 0 aliphatic carbocycles. The van der Waals surface area contributed by atoms with Gasteiger partial charge in [-0.05, 0) is 59.6 Å². The molecule has 0 heterocycles. The van der Waals surface area contributed by atoms with Crippen LogP contribution in [0.2, 0.25) is 5.02 Å². The summed E-state index contributed by atoms with van der Waals surface area (Å²) in [7, 11) is 0. The van der Waals surface area contributed by atoms with E-state index in [1.165, 1.54) is 0 Å². The van der Waals surface area contributed by atoms with Crippen molar-refractivity contribution in [2.24, 2.45) is 0 Å². The van der Waals surface area contributed by atoms with Gasteiger partial charge in [0.25, 0.3) is 11.8 Å². The van der Waals surface area contributed by atoms with Crippen molar-refractivity contribution in [3.05, 3.63) is 57.5 Å². The maximum Gasteiger partial charge on any atom is 0.262 e. The molecule has 0 aromatic heterocycles. The summed E-state index contributed by atoms with van der Waals surface area (Å²) in [5, 5.41) is 6.17. The Morgan fingerprint density at radius 3 is 2.65 bits per heavy atom. The van der Waals surface area contributed by atoms with Gasteiger partial charge in [0.05, 0.1) is 15.7 Å². The van der Waals surface area contributed by atoms with Gasteiger partial charge in [0.1, 0.15) is 5.75 Å². The summed E-state index contributed by atoms with van der Waals surface area (Å²) < 4.78 is 6.15. The summed E-state index contributed by atoms with van der Waals surface area (Å²) in [5.74, 6) is -0.0837. The third-order valence-corrected chi connectivity index (χ3v) is 4.54. The highest BCUT2D eigenvalue weighted by Gasteiger charge is 2.15. The molecule has 0 bridgehead atoms. The molecule has 5 nitrogen and oxygen atoms in total. The minimum Gasteiger partial charge on any atom is -0.483 e. The molecule has 2 amide bonds. The molecule has 0 unspecified atom stereocenters. The molecule has 0 saturated carbocycles. The summed E-state index contributed by atoms with van der Waals surface area (Å²) in [5.41, 5.74) is 0.853. The van der Waals surface area contributed by atoms with E-state index < -0.39 is 0 Å². The Morgan fingerprint density at radius 2 is 1.96 bits per heavy atom. The normalized spacial score (nSPS) is 11.5. The number of carbonyl (C=O) groups excluding carboxylic acids is 2. The van der Waals surface area contributed by atoms with E-state index in [1.54, 1.807) is 42.5 Å². The van der Waals surface area contributed by atoms with Crippen molar-refractivity contribution in [3.8, 4) is 5.75 Å². The number of carbonyl (C=O) groups is 2. The number of para-hydroxylation sites is 1. The number of benzene rings is 2. The van der Waals surface area contributed by atoms with Crippen LogP contribution in [0.3, 0.4) is 0 Å². The molecule has 0 radical (unpaired) electrons. The summed E-state index contributed by atoms with van der Waals surface area (Å²) in [6, 6.07) is 11.9. The standard InChI is InChI=1S/C19H20BrClN2O3/c1-3-12(2)22-19(25)14-6-4-5-7-16(14)23-18(24)11-26-17-9-8-13(21)10-15(17)20/h4-10,12H,3,11H2,1-2H3,(H,22,25)(H,23,24)/t12-/m0/s1. The van der Waals surface area contributed by atoms with Gasteiger partial charge in [-0.1, -0.05) is 30.7 Å². The number of anilines is 1. The SMILES string of the molecule is CC[C@H](C)NC(=O)c1ccccc1NC(=O)COc1ccc(Cl)cc1Br. The van der Waals surface area contributed by atoms with Crippen LogP contribution < -0.4 is 15.4 Å². The van der Waals surface area contributed by atoms with Crippen molar-refractivity contribution < 1.29 is 14.3 Å². The predicted octanol–water partition coefficient (Wildman–Crippen LogP) is 4.65. The highest BCUT2D eigenvalue weighted by atomic mass is 79.9. The Hall–Kier alpha value is -2.05. The Labute approximate surface area is 166 Å². The first-order valence-corrected chi connectivity index (χ1v) is 9.35. The maximum absolute atomic E-state index is 12.4. The third-order valence-electron chi connectivity index (χ3n) is 3.69. The molecule has 0 saturated heterocycles. The van der Waals surface area contributed by atoms with E-state index >= 15 is 0 Å². The molecule has 7 heteroatoms. The lowest BCUT2D eigenvalue weighted by Gasteiger charge is -2.15. The van der Waals surface area contributed by atoms with Gasteiger partial charge in [0.2, 0.25) is 0 Å². The van der Waals surface area contributed by atoms with Crippen LogP contribution in [0.4, 0.5) is 5.69 Å². The van der Waals surface area contributed by atoms with E-state index in [0.29, 0.717) is 26.5 Å². The first-order chi connectivity index (χ1) is 12.4. The average Bonchev–Trinajstić information content (AvgIpc) is 2.61. The van der Waals surface area contributed by atoms with Gasteiger partial charge in [-0.2, -0.15) is 0 Å². The fourth-order valence-electron chi connectivity index (χ4n) is 2.12. The molecule has 1 atom stereocenters. The van der Waals surface area contributed by atoms with Crippen LogP contribution in [-0.2, 0) is 4.79 Å². The Balaban J connectivity index is 2.01. The second-order valence-corrected chi connectivity index (χ2v) is 7.03. The first-order valence-electron chi connectivity index (χ1n) is 8.18. The smallest absolute Gasteiger partial charge is 0.262 e. The molecule has 2 N–H and O–H groups in total. The molecular weight excluding hydrogens is 420 g/mol. The Bertz CT molecular complexity index is 798. The number of nitrogens with one attached hydrogen (secondary N) is 2. The lowest BCUT2D eigenvalue weighted by Crippen LogP contribution is -2.33. The molecule has 0 aliphatic rings. The van der Waals surface area contributed by atoms with Crippen molar-refractivity contribution in [2.75, 3.05) is 11.9 Å². The van der Waals surface area contributed by atoms with Crippen molar-refractivity contribution >= 4 is 45.0 Å². The molecular formula is C19H20BrClN2O3. The number of hydrogen-bond donors (Lipinski definition) is 2. The maximum atomic E-state index is 12.4. The number of halogens is 2. The van der Waals surface area contributed by atoms with E-state index in [1.807, 2.05) is 13.8 Å². The minimum absolute atomic E-state index is 0.0526. The monoisotopic (exact) mass is 438 g/mol. The van der Waals surface area contributed by atoms with Crippen LogP contribution in [0.15, 0.2) is 46.9 Å². The third kappa shape index (κ3) is 5.75. The van der Waals surface area contributed by atoms with Crippen LogP contribution >= 0.6 is 27.5 Å². The zero-order chi connectivity index (χ0) is 19.1. The molecule has 2 aromatic carbocycles. The molecule has 2 rings (SSSR count). The van der Waals surface area contributed by atoms with Crippen molar-refractivity contribution in [1.82, 2.24) is 5.32 Å². The molecule has 0 fully saturated rings. The van der Waals surface area contributed by atoms with E-state index in [-0.39, 0.29) is 24.5 Å². The summed E-state index contributed by atoms with van der Waals surface area (Å²) in [4.78, 5) is 24.6. The lowest BCUT2D eigenvalue weighted by molar-refractivity contribution is -0.118. The van der Waals surface area contributed by atoms with Gasteiger partial charge in [-0.3, -0.25) is 9.59 Å². The Morgan fingerprint density at radius 1 is 1.23 bits per heavy atom. The number of hydrogen-bond acceptors (Lipinski definition) is 3. The Kier molecular flexibility index (Phi) is 7.48. The fraction of sp³-hybridized carbons (Fsp3) is 0.263. The first kappa shape index (κ1) is 20.3. The predicted molar refractivity (Wildman–Crippen MR) is 107 cm³/mol. The molecule has 26 heavy (non-hydrogen) atoms. The largest absolute Gasteiger partial charge is 0.483 e. The van der Waals surface area contributed by atoms with Crippen LogP contribution in [0.1, 0.15) is 30.6 Å². The van der Waals surface area contributed by atoms with E-state index in [9.17, 15) is 9.59 Å². The van der Waals surface area contributed by atoms with Crippen LogP contribution in [-0.4, -0.2) is 24.5 Å². The van der Waals surface area contributed by atoms with Gasteiger partial charge in [0, 0.05) is 11.1 Å². The highest BCUT2D eigenvalue weighted by Crippen LogP contribution is 2.28. The van der Waals surface area contributed by atoms with Gasteiger partial charge < -0.3 is 15.4 Å². The average molecular weight is 440 g/mol. The number of amides is 2. The summed E-state index contributed by atoms with van der Waals surface area (Å²) in [6.45, 7) is 3.73. The van der Waals surface area contributed by atoms with Crippen LogP contribution in [0, 0.1) is 0 Å². The summed E-state index contributed by atoms with van der Waals surface area (Å²) >= 11 is 9.21. The van der Waals surface area contributed by atoms with Crippen molar-refractivity contribution in [3.63, 3.8) is 0 Å². The van der Waals surface area contributed by atoms with Gasteiger partial charge in [-0.15, -0.1) is 0 Å². The zero-order valence-electron chi connectivity index (χ0n) is 14.5. The molecule has 138 valence electrons. The van der Waals surface area contributed by atoms with Crippen molar-refractivity contribution in [2.45, 2.75) is 26.3 Å². The van der Waals surface area contributed by atoms with E-state index in [4.69, 9.17) is 16.3 Å². The molecule has 0 spiro atoms. The lowest BCUT2D eigenvalue weighted by atomic mass is 10.1. The van der Waals surface area contributed by atoms with Gasteiger partial charge in [0.15, 0.2) is 6.61 Å². The van der Waals surface area contributed by atoms with E-state index in [2.05, 4.69) is 26.6 Å². The van der Waals surface area contributed by atoms with Gasteiger partial charge in [-0.25, -0.2) is 0 Å². The molecule has 2 aromatic rings. The minimum atomic E-state index is -0.365. The molecule has 0 aliphatic heterocycles. The second kappa shape index (κ2) is 9.59. The van der Waals surface area contributed by atoms with E-state index in [0.717, 1.165) is 6.42 Å². The van der Waals surface area contributed by atoms with Crippen molar-refractivity contribution in [1.29, 1.82) is 0 Å². The quantitative estimate of drug-likeness (QED) is 0.660. The summed E-state index contributed by atoms with van der Waals surface area (Å²) in [6.07, 6.45) is 0.823. The number of rotatable bonds is 7. The van der Waals surface area contributed by atoms with Crippen LogP contribution in [0.25, 0.3) is 0 Å². The second-order valence-electron chi connectivity index (χ2n) is 5.74. The van der Waals surface area contributed by atoms with Crippen LogP contribution in [0.5, 0.6) is 5.75 Å². The van der Waals surface area contributed by atoms with Gasteiger partial charge >= 0.3 is 0 Å². The number of ether oxygens (including phenoxy) is 1. The topological polar surface area (TPSA) is 67.4 Å². The zero-order valence-corrected chi connectivity index (χ0v) is 16.9. The fourth-order valence-corrected chi connectivity index (χ4v) is 2.91. The highest BCUT2D eigenvalue weighted by molar-refractivity contribution is 9.10.